The molecule has 5 rings (SSSR count). The molecule has 2 saturated heterocycles. The van der Waals surface area contributed by atoms with Gasteiger partial charge in [-0.25, -0.2) is 0 Å². The molecule has 0 spiro atoms. The zero-order valence-corrected chi connectivity index (χ0v) is 17.0. The van der Waals surface area contributed by atoms with Gasteiger partial charge in [0.1, 0.15) is 17.9 Å². The molecular weight excluding hydrogens is 380 g/mol. The quantitative estimate of drug-likeness (QED) is 0.649. The summed E-state index contributed by atoms with van der Waals surface area (Å²) in [6.07, 6.45) is 6.42. The SMILES string of the molecule is O=C1CC[C@H](c2coc3cc4ccc(OCCN5CCCCC5)cc4cc23)C(=O)N1. The molecule has 156 valence electrons. The van der Waals surface area contributed by atoms with Gasteiger partial charge in [0.15, 0.2) is 0 Å². The minimum Gasteiger partial charge on any atom is -0.492 e. The third-order valence-electron chi connectivity index (χ3n) is 6.27. The molecule has 3 aromatic rings. The van der Waals surface area contributed by atoms with Gasteiger partial charge in [0.25, 0.3) is 0 Å². The maximum atomic E-state index is 12.3. The molecule has 0 saturated carbocycles. The maximum Gasteiger partial charge on any atom is 0.234 e. The number of hydrogen-bond donors (Lipinski definition) is 1. The average molecular weight is 406 g/mol. The maximum absolute atomic E-state index is 12.3. The van der Waals surface area contributed by atoms with Crippen molar-refractivity contribution in [2.45, 2.75) is 38.0 Å². The first-order chi connectivity index (χ1) is 14.7. The lowest BCUT2D eigenvalue weighted by Gasteiger charge is -2.26. The zero-order valence-electron chi connectivity index (χ0n) is 17.0. The van der Waals surface area contributed by atoms with Crippen LogP contribution in [0.15, 0.2) is 41.0 Å². The minimum absolute atomic E-state index is 0.208. The van der Waals surface area contributed by atoms with E-state index in [-0.39, 0.29) is 17.7 Å². The average Bonchev–Trinajstić information content (AvgIpc) is 3.15. The highest BCUT2D eigenvalue weighted by Gasteiger charge is 2.30. The van der Waals surface area contributed by atoms with Crippen LogP contribution < -0.4 is 10.1 Å². The summed E-state index contributed by atoms with van der Waals surface area (Å²) in [6, 6.07) is 10.1. The number of piperidine rings is 2. The van der Waals surface area contributed by atoms with Crippen LogP contribution in [0.2, 0.25) is 0 Å². The number of benzene rings is 2. The van der Waals surface area contributed by atoms with Gasteiger partial charge in [-0.3, -0.25) is 19.8 Å². The smallest absolute Gasteiger partial charge is 0.234 e. The molecular formula is C24H26N2O4. The van der Waals surface area contributed by atoms with Crippen molar-refractivity contribution in [2.24, 2.45) is 0 Å². The van der Waals surface area contributed by atoms with Crippen molar-refractivity contribution in [3.8, 4) is 5.75 Å². The van der Waals surface area contributed by atoms with E-state index in [9.17, 15) is 9.59 Å². The molecule has 2 fully saturated rings. The first kappa shape index (κ1) is 19.1. The number of fused-ring (bicyclic) bond motifs is 2. The predicted molar refractivity (Wildman–Crippen MR) is 115 cm³/mol. The Morgan fingerprint density at radius 1 is 1.07 bits per heavy atom. The number of imide groups is 1. The third kappa shape index (κ3) is 3.79. The van der Waals surface area contributed by atoms with Crippen LogP contribution in [0, 0.1) is 0 Å². The largest absolute Gasteiger partial charge is 0.492 e. The number of nitrogens with one attached hydrogen (secondary N) is 1. The predicted octanol–water partition coefficient (Wildman–Crippen LogP) is 3.97. The normalized spacial score (nSPS) is 20.6. The number of amides is 2. The summed E-state index contributed by atoms with van der Waals surface area (Å²) >= 11 is 0. The van der Waals surface area contributed by atoms with Gasteiger partial charge in [0, 0.05) is 23.9 Å². The fourth-order valence-electron chi connectivity index (χ4n) is 4.59. The molecule has 0 unspecified atom stereocenters. The Morgan fingerprint density at radius 3 is 2.77 bits per heavy atom. The summed E-state index contributed by atoms with van der Waals surface area (Å²) in [5.41, 5.74) is 1.59. The van der Waals surface area contributed by atoms with Crippen LogP contribution in [0.3, 0.4) is 0 Å². The van der Waals surface area contributed by atoms with Gasteiger partial charge < -0.3 is 9.15 Å². The molecule has 1 aromatic heterocycles. The van der Waals surface area contributed by atoms with Crippen molar-refractivity contribution < 1.29 is 18.7 Å². The molecule has 6 heteroatoms. The minimum atomic E-state index is -0.356. The number of carbonyl (C=O) groups excluding carboxylic acids is 2. The lowest BCUT2D eigenvalue weighted by atomic mass is 9.90. The van der Waals surface area contributed by atoms with Crippen LogP contribution in [0.1, 0.15) is 43.6 Å². The van der Waals surface area contributed by atoms with Crippen molar-refractivity contribution in [1.82, 2.24) is 10.2 Å². The topological polar surface area (TPSA) is 71.8 Å². The summed E-state index contributed by atoms with van der Waals surface area (Å²) in [7, 11) is 0. The lowest BCUT2D eigenvalue weighted by Crippen LogP contribution is -2.39. The Kier molecular flexibility index (Phi) is 5.17. The van der Waals surface area contributed by atoms with E-state index in [0.29, 0.717) is 19.4 Å². The molecule has 2 aliphatic rings. The van der Waals surface area contributed by atoms with Gasteiger partial charge in [0.2, 0.25) is 11.8 Å². The molecule has 30 heavy (non-hydrogen) atoms. The molecule has 2 amide bonds. The molecule has 0 radical (unpaired) electrons. The number of likely N-dealkylation sites (tertiary alicyclic amines) is 1. The highest BCUT2D eigenvalue weighted by molar-refractivity contribution is 6.04. The second-order valence-electron chi connectivity index (χ2n) is 8.30. The Hall–Kier alpha value is -2.86. The zero-order chi connectivity index (χ0) is 20.5. The Balaban J connectivity index is 1.37. The van der Waals surface area contributed by atoms with Gasteiger partial charge in [-0.1, -0.05) is 12.5 Å². The van der Waals surface area contributed by atoms with Crippen LogP contribution in [0.5, 0.6) is 5.75 Å². The van der Waals surface area contributed by atoms with E-state index in [1.54, 1.807) is 6.26 Å². The highest BCUT2D eigenvalue weighted by atomic mass is 16.5. The number of rotatable bonds is 5. The summed E-state index contributed by atoms with van der Waals surface area (Å²) in [6.45, 7) is 3.98. The van der Waals surface area contributed by atoms with Gasteiger partial charge in [-0.15, -0.1) is 0 Å². The Bertz CT molecular complexity index is 1100. The Morgan fingerprint density at radius 2 is 1.93 bits per heavy atom. The summed E-state index contributed by atoms with van der Waals surface area (Å²) in [4.78, 5) is 26.3. The molecule has 0 aliphatic carbocycles. The van der Waals surface area contributed by atoms with E-state index in [2.05, 4.69) is 16.3 Å². The van der Waals surface area contributed by atoms with E-state index in [0.717, 1.165) is 39.6 Å². The number of carbonyl (C=O) groups is 2. The van der Waals surface area contributed by atoms with Crippen molar-refractivity contribution in [2.75, 3.05) is 26.2 Å². The molecule has 2 aliphatic heterocycles. The first-order valence-corrected chi connectivity index (χ1v) is 10.8. The molecule has 1 atom stereocenters. The third-order valence-corrected chi connectivity index (χ3v) is 6.27. The summed E-state index contributed by atoms with van der Waals surface area (Å²) in [5, 5.41) is 5.47. The van der Waals surface area contributed by atoms with E-state index in [1.165, 1.54) is 32.4 Å². The fraction of sp³-hybridized carbons (Fsp3) is 0.417. The van der Waals surface area contributed by atoms with E-state index in [1.807, 2.05) is 24.3 Å². The number of ether oxygens (including phenoxy) is 1. The van der Waals surface area contributed by atoms with Gasteiger partial charge >= 0.3 is 0 Å². The second-order valence-corrected chi connectivity index (χ2v) is 8.30. The number of furan rings is 1. The Labute approximate surface area is 175 Å². The first-order valence-electron chi connectivity index (χ1n) is 10.8. The molecule has 3 heterocycles. The summed E-state index contributed by atoms with van der Waals surface area (Å²) < 4.78 is 11.8. The van der Waals surface area contributed by atoms with Crippen molar-refractivity contribution in [1.29, 1.82) is 0 Å². The van der Waals surface area contributed by atoms with Crippen LogP contribution in [0.25, 0.3) is 21.7 Å². The molecule has 0 bridgehead atoms. The number of hydrogen-bond acceptors (Lipinski definition) is 5. The van der Waals surface area contributed by atoms with Crippen LogP contribution in [-0.2, 0) is 9.59 Å². The lowest BCUT2D eigenvalue weighted by molar-refractivity contribution is -0.134. The second kappa shape index (κ2) is 8.11. The van der Waals surface area contributed by atoms with E-state index >= 15 is 0 Å². The van der Waals surface area contributed by atoms with Crippen LogP contribution in [0.4, 0.5) is 0 Å². The van der Waals surface area contributed by atoms with Crippen molar-refractivity contribution in [3.63, 3.8) is 0 Å². The van der Waals surface area contributed by atoms with E-state index < -0.39 is 0 Å². The fourth-order valence-corrected chi connectivity index (χ4v) is 4.59. The van der Waals surface area contributed by atoms with Gasteiger partial charge in [0.05, 0.1) is 12.2 Å². The standard InChI is InChI=1S/C24H26N2O4/c27-23-7-6-19(24(28)25-23)21-15-30-22-14-16-4-5-18(12-17(16)13-20(21)22)29-11-10-26-8-2-1-3-9-26/h4-5,12-15,19H,1-3,6-11H2,(H,25,27,28)/t19-/m1/s1. The van der Waals surface area contributed by atoms with Crippen molar-refractivity contribution >= 4 is 33.6 Å². The van der Waals surface area contributed by atoms with Crippen LogP contribution in [-0.4, -0.2) is 43.0 Å². The molecule has 2 aromatic carbocycles. The summed E-state index contributed by atoms with van der Waals surface area (Å²) in [5.74, 6) is 0.0416. The monoisotopic (exact) mass is 406 g/mol. The highest BCUT2D eigenvalue weighted by Crippen LogP contribution is 2.35. The van der Waals surface area contributed by atoms with Crippen molar-refractivity contribution in [3.05, 3.63) is 42.2 Å². The number of nitrogens with zero attached hydrogens (tertiary/aromatic N) is 1. The van der Waals surface area contributed by atoms with Crippen LogP contribution >= 0.6 is 0 Å². The van der Waals surface area contributed by atoms with Gasteiger partial charge in [-0.2, -0.15) is 0 Å². The molecule has 1 N–H and O–H groups in total. The molecule has 6 nitrogen and oxygen atoms in total. The van der Waals surface area contributed by atoms with Gasteiger partial charge in [-0.05, 0) is 67.4 Å². The van der Waals surface area contributed by atoms with E-state index in [4.69, 9.17) is 9.15 Å².